The minimum atomic E-state index is 0.637. The average molecular weight is 411 g/mol. The molecular formula is C25H26N6. The van der Waals surface area contributed by atoms with Crippen LogP contribution in [0.15, 0.2) is 60.9 Å². The average Bonchev–Trinajstić information content (AvgIpc) is 3.34. The second kappa shape index (κ2) is 8.14. The summed E-state index contributed by atoms with van der Waals surface area (Å²) in [7, 11) is 0. The molecule has 0 bridgehead atoms. The zero-order chi connectivity index (χ0) is 21.2. The van der Waals surface area contributed by atoms with Gasteiger partial charge in [0.05, 0.1) is 0 Å². The van der Waals surface area contributed by atoms with E-state index in [1.165, 1.54) is 44.2 Å². The van der Waals surface area contributed by atoms with Crippen LogP contribution in [-0.4, -0.2) is 26.5 Å². The highest BCUT2D eigenvalue weighted by atomic mass is 15.1. The number of nitrogens with zero attached hydrogens (tertiary/aromatic N) is 2. The Bertz CT molecular complexity index is 1350. The quantitative estimate of drug-likeness (QED) is 0.293. The summed E-state index contributed by atoms with van der Waals surface area (Å²) in [4.78, 5) is 15.7. The molecule has 0 radical (unpaired) electrons. The van der Waals surface area contributed by atoms with Crippen LogP contribution in [0.4, 0.5) is 11.8 Å². The van der Waals surface area contributed by atoms with Gasteiger partial charge in [0.1, 0.15) is 5.82 Å². The predicted molar refractivity (Wildman–Crippen MR) is 128 cm³/mol. The third-order valence-corrected chi connectivity index (χ3v) is 5.55. The first-order valence-electron chi connectivity index (χ1n) is 10.6. The van der Waals surface area contributed by atoms with Crippen LogP contribution in [0.5, 0.6) is 0 Å². The van der Waals surface area contributed by atoms with Crippen LogP contribution in [-0.2, 0) is 13.0 Å². The van der Waals surface area contributed by atoms with E-state index in [1.54, 1.807) is 6.20 Å². The van der Waals surface area contributed by atoms with Crippen molar-refractivity contribution in [3.8, 4) is 0 Å². The van der Waals surface area contributed by atoms with Crippen molar-refractivity contribution in [1.82, 2.24) is 19.9 Å². The molecule has 0 amide bonds. The molecule has 2 aromatic carbocycles. The van der Waals surface area contributed by atoms with Gasteiger partial charge in [-0.05, 0) is 73.2 Å². The lowest BCUT2D eigenvalue weighted by Crippen LogP contribution is -2.09. The van der Waals surface area contributed by atoms with Crippen molar-refractivity contribution in [3.05, 3.63) is 83.3 Å². The number of H-pyrrole nitrogens is 2. The molecule has 6 nitrogen and oxygen atoms in total. The monoisotopic (exact) mass is 410 g/mol. The molecular weight excluding hydrogens is 384 g/mol. The van der Waals surface area contributed by atoms with Crippen LogP contribution in [0.1, 0.15) is 22.4 Å². The van der Waals surface area contributed by atoms with Crippen LogP contribution in [0.3, 0.4) is 0 Å². The minimum absolute atomic E-state index is 0.637. The predicted octanol–water partition coefficient (Wildman–Crippen LogP) is 5.32. The number of rotatable bonds is 7. The van der Waals surface area contributed by atoms with Crippen molar-refractivity contribution in [3.63, 3.8) is 0 Å². The SMILES string of the molecule is Cc1ccc2[nH]cc(CCNc3nccc(NCc4ccc5[nH]c(C)cc5c4)n3)c2c1. The van der Waals surface area contributed by atoms with E-state index in [0.717, 1.165) is 18.8 Å². The van der Waals surface area contributed by atoms with Crippen molar-refractivity contribution in [2.24, 2.45) is 0 Å². The van der Waals surface area contributed by atoms with Crippen molar-refractivity contribution in [2.75, 3.05) is 17.2 Å². The highest BCUT2D eigenvalue weighted by Crippen LogP contribution is 2.20. The van der Waals surface area contributed by atoms with Gasteiger partial charge in [-0.2, -0.15) is 4.98 Å². The van der Waals surface area contributed by atoms with Crippen molar-refractivity contribution in [2.45, 2.75) is 26.8 Å². The topological polar surface area (TPSA) is 81.4 Å². The first kappa shape index (κ1) is 19.2. The van der Waals surface area contributed by atoms with E-state index in [9.17, 15) is 0 Å². The normalized spacial score (nSPS) is 11.3. The molecule has 0 unspecified atom stereocenters. The molecule has 0 aliphatic carbocycles. The van der Waals surface area contributed by atoms with Gasteiger partial charge in [0, 0.05) is 47.6 Å². The second-order valence-electron chi connectivity index (χ2n) is 8.03. The molecule has 3 aromatic heterocycles. The van der Waals surface area contributed by atoms with Gasteiger partial charge in [-0.1, -0.05) is 17.7 Å². The molecule has 0 spiro atoms. The first-order valence-corrected chi connectivity index (χ1v) is 10.6. The van der Waals surface area contributed by atoms with E-state index in [1.807, 2.05) is 6.07 Å². The minimum Gasteiger partial charge on any atom is -0.366 e. The lowest BCUT2D eigenvalue weighted by molar-refractivity contribution is 0.985. The highest BCUT2D eigenvalue weighted by molar-refractivity contribution is 5.84. The Balaban J connectivity index is 1.20. The third kappa shape index (κ3) is 4.23. The van der Waals surface area contributed by atoms with Crippen molar-refractivity contribution < 1.29 is 0 Å². The molecule has 4 N–H and O–H groups in total. The number of aromatic nitrogens is 4. The fourth-order valence-corrected chi connectivity index (χ4v) is 3.98. The maximum absolute atomic E-state index is 4.60. The van der Waals surface area contributed by atoms with E-state index >= 15 is 0 Å². The summed E-state index contributed by atoms with van der Waals surface area (Å²) in [6.45, 7) is 5.68. The summed E-state index contributed by atoms with van der Waals surface area (Å²) in [5.74, 6) is 1.45. The summed E-state index contributed by atoms with van der Waals surface area (Å²) in [5.41, 5.74) is 7.31. The molecule has 0 saturated heterocycles. The van der Waals surface area contributed by atoms with Gasteiger partial charge in [-0.25, -0.2) is 4.98 Å². The molecule has 156 valence electrons. The van der Waals surface area contributed by atoms with Crippen LogP contribution in [0, 0.1) is 13.8 Å². The Morgan fingerprint density at radius 2 is 1.84 bits per heavy atom. The Morgan fingerprint density at radius 3 is 2.77 bits per heavy atom. The maximum atomic E-state index is 4.60. The van der Waals surface area contributed by atoms with E-state index in [4.69, 9.17) is 0 Å². The molecule has 0 saturated carbocycles. The summed E-state index contributed by atoms with van der Waals surface area (Å²) in [6, 6.07) is 17.0. The van der Waals surface area contributed by atoms with E-state index in [-0.39, 0.29) is 0 Å². The first-order chi connectivity index (χ1) is 15.1. The molecule has 0 aliphatic heterocycles. The van der Waals surface area contributed by atoms with Crippen LogP contribution >= 0.6 is 0 Å². The third-order valence-electron chi connectivity index (χ3n) is 5.55. The van der Waals surface area contributed by atoms with Gasteiger partial charge in [-0.3, -0.25) is 0 Å². The van der Waals surface area contributed by atoms with Crippen molar-refractivity contribution >= 4 is 33.6 Å². The Kier molecular flexibility index (Phi) is 5.04. The summed E-state index contributed by atoms with van der Waals surface area (Å²) >= 11 is 0. The number of fused-ring (bicyclic) bond motifs is 2. The standard InChI is InChI=1S/C25H26N6/c1-16-3-5-23-21(11-16)19(15-28-23)7-9-26-25-27-10-8-24(31-25)29-14-18-4-6-22-20(13-18)12-17(2)30-22/h3-6,8,10-13,15,28,30H,7,9,14H2,1-2H3,(H2,26,27,29,31). The van der Waals surface area contributed by atoms with E-state index < -0.39 is 0 Å². The fourth-order valence-electron chi connectivity index (χ4n) is 3.98. The lowest BCUT2D eigenvalue weighted by atomic mass is 10.1. The largest absolute Gasteiger partial charge is 0.366 e. The fraction of sp³-hybridized carbons (Fsp3) is 0.200. The van der Waals surface area contributed by atoms with Gasteiger partial charge in [0.15, 0.2) is 0 Å². The number of benzene rings is 2. The zero-order valence-electron chi connectivity index (χ0n) is 17.8. The molecule has 5 rings (SSSR count). The Hall–Kier alpha value is -3.80. The molecule has 6 heteroatoms. The number of anilines is 2. The number of hydrogen-bond donors (Lipinski definition) is 4. The maximum Gasteiger partial charge on any atom is 0.224 e. The zero-order valence-corrected chi connectivity index (χ0v) is 17.8. The molecule has 31 heavy (non-hydrogen) atoms. The molecule has 3 heterocycles. The Morgan fingerprint density at radius 1 is 0.935 bits per heavy atom. The number of aryl methyl sites for hydroxylation is 2. The van der Waals surface area contributed by atoms with Gasteiger partial charge >= 0.3 is 0 Å². The van der Waals surface area contributed by atoms with Gasteiger partial charge in [-0.15, -0.1) is 0 Å². The number of aromatic amines is 2. The highest BCUT2D eigenvalue weighted by Gasteiger charge is 2.05. The smallest absolute Gasteiger partial charge is 0.224 e. The second-order valence-corrected chi connectivity index (χ2v) is 8.03. The molecule has 0 fully saturated rings. The summed E-state index contributed by atoms with van der Waals surface area (Å²) in [5, 5.41) is 9.26. The summed E-state index contributed by atoms with van der Waals surface area (Å²) in [6.07, 6.45) is 4.78. The van der Waals surface area contributed by atoms with Gasteiger partial charge in [0.2, 0.25) is 5.95 Å². The van der Waals surface area contributed by atoms with Crippen LogP contribution < -0.4 is 10.6 Å². The van der Waals surface area contributed by atoms with E-state index in [2.05, 4.69) is 93.1 Å². The molecule has 0 aliphatic rings. The number of nitrogens with one attached hydrogen (secondary N) is 4. The Labute approximate surface area is 181 Å². The van der Waals surface area contributed by atoms with Crippen LogP contribution in [0.25, 0.3) is 21.8 Å². The van der Waals surface area contributed by atoms with Gasteiger partial charge < -0.3 is 20.6 Å². The summed E-state index contributed by atoms with van der Waals surface area (Å²) < 4.78 is 0. The van der Waals surface area contributed by atoms with E-state index in [0.29, 0.717) is 12.5 Å². The van der Waals surface area contributed by atoms with Crippen molar-refractivity contribution in [1.29, 1.82) is 0 Å². The van der Waals surface area contributed by atoms with Crippen LogP contribution in [0.2, 0.25) is 0 Å². The lowest BCUT2D eigenvalue weighted by Gasteiger charge is -2.09. The molecule has 5 aromatic rings. The molecule has 0 atom stereocenters. The number of hydrogen-bond acceptors (Lipinski definition) is 4. The van der Waals surface area contributed by atoms with Gasteiger partial charge in [0.25, 0.3) is 0 Å².